The molecule has 2 unspecified atom stereocenters. The molecule has 2 atom stereocenters. The zero-order valence-electron chi connectivity index (χ0n) is 11.4. The minimum Gasteiger partial charge on any atom is -0.341 e. The van der Waals surface area contributed by atoms with Gasteiger partial charge in [0.15, 0.2) is 0 Å². The first-order valence-electron chi connectivity index (χ1n) is 7.29. The summed E-state index contributed by atoms with van der Waals surface area (Å²) in [4.78, 5) is 17.0. The highest BCUT2D eigenvalue weighted by molar-refractivity contribution is 6.18. The molecule has 0 radical (unpaired) electrons. The van der Waals surface area contributed by atoms with Crippen molar-refractivity contribution < 1.29 is 4.79 Å². The Morgan fingerprint density at radius 3 is 2.67 bits per heavy atom. The van der Waals surface area contributed by atoms with Crippen molar-refractivity contribution in [2.24, 2.45) is 11.8 Å². The van der Waals surface area contributed by atoms with Crippen LogP contribution in [-0.2, 0) is 4.79 Å². The molecule has 4 heteroatoms. The minimum atomic E-state index is 0.296. The number of carbonyl (C=O) groups is 1. The summed E-state index contributed by atoms with van der Waals surface area (Å²) in [5, 5.41) is 0. The molecule has 0 N–H and O–H groups in total. The molecule has 0 spiro atoms. The van der Waals surface area contributed by atoms with Gasteiger partial charge in [0.2, 0.25) is 5.91 Å². The molecule has 18 heavy (non-hydrogen) atoms. The van der Waals surface area contributed by atoms with Gasteiger partial charge in [0.1, 0.15) is 0 Å². The molecule has 2 rings (SSSR count). The Labute approximate surface area is 115 Å². The Kier molecular flexibility index (Phi) is 5.31. The summed E-state index contributed by atoms with van der Waals surface area (Å²) in [6, 6.07) is 0. The van der Waals surface area contributed by atoms with Crippen molar-refractivity contribution >= 4 is 17.5 Å². The van der Waals surface area contributed by atoms with E-state index in [2.05, 4.69) is 16.7 Å². The SMILES string of the molecule is CC1CCCC1C(=O)N1CCCN(CCCl)CC1. The molecule has 1 aliphatic heterocycles. The Morgan fingerprint density at radius 1 is 1.17 bits per heavy atom. The van der Waals surface area contributed by atoms with Crippen LogP contribution in [0.15, 0.2) is 0 Å². The third-order valence-electron chi connectivity index (χ3n) is 4.48. The molecule has 2 fully saturated rings. The van der Waals surface area contributed by atoms with E-state index in [1.54, 1.807) is 0 Å². The lowest BCUT2D eigenvalue weighted by atomic mass is 9.96. The summed E-state index contributed by atoms with van der Waals surface area (Å²) in [6.45, 7) is 7.06. The van der Waals surface area contributed by atoms with Crippen molar-refractivity contribution in [2.45, 2.75) is 32.6 Å². The van der Waals surface area contributed by atoms with Crippen molar-refractivity contribution in [3.8, 4) is 0 Å². The summed E-state index contributed by atoms with van der Waals surface area (Å²) >= 11 is 5.79. The lowest BCUT2D eigenvalue weighted by molar-refractivity contribution is -0.136. The van der Waals surface area contributed by atoms with Crippen molar-refractivity contribution in [3.05, 3.63) is 0 Å². The molecule has 104 valence electrons. The van der Waals surface area contributed by atoms with Gasteiger partial charge in [-0.1, -0.05) is 13.3 Å². The molecule has 0 bridgehead atoms. The smallest absolute Gasteiger partial charge is 0.225 e. The quantitative estimate of drug-likeness (QED) is 0.736. The van der Waals surface area contributed by atoms with Gasteiger partial charge >= 0.3 is 0 Å². The largest absolute Gasteiger partial charge is 0.341 e. The van der Waals surface area contributed by atoms with E-state index in [9.17, 15) is 4.79 Å². The first-order valence-corrected chi connectivity index (χ1v) is 7.83. The molecule has 2 aliphatic rings. The molecular formula is C14H25ClN2O. The van der Waals surface area contributed by atoms with Crippen molar-refractivity contribution in [3.63, 3.8) is 0 Å². The Bertz CT molecular complexity index is 285. The molecule has 0 aromatic rings. The average molecular weight is 273 g/mol. The second-order valence-corrected chi connectivity index (χ2v) is 6.10. The van der Waals surface area contributed by atoms with Crippen LogP contribution in [0.2, 0.25) is 0 Å². The first kappa shape index (κ1) is 14.1. The van der Waals surface area contributed by atoms with Gasteiger partial charge in [0.05, 0.1) is 0 Å². The van der Waals surface area contributed by atoms with E-state index in [1.807, 2.05) is 0 Å². The molecule has 1 saturated heterocycles. The van der Waals surface area contributed by atoms with Gasteiger partial charge in [0, 0.05) is 38.0 Å². The zero-order valence-corrected chi connectivity index (χ0v) is 12.2. The van der Waals surface area contributed by atoms with E-state index in [1.165, 1.54) is 12.8 Å². The highest BCUT2D eigenvalue weighted by Gasteiger charge is 2.33. The Balaban J connectivity index is 1.87. The number of carbonyl (C=O) groups excluding carboxylic acids is 1. The summed E-state index contributed by atoms with van der Waals surface area (Å²) in [5.74, 6) is 1.98. The van der Waals surface area contributed by atoms with Gasteiger partial charge < -0.3 is 9.80 Å². The number of alkyl halides is 1. The van der Waals surface area contributed by atoms with Crippen molar-refractivity contribution in [1.82, 2.24) is 9.80 Å². The maximum absolute atomic E-state index is 12.5. The average Bonchev–Trinajstić information content (AvgIpc) is 2.64. The van der Waals surface area contributed by atoms with Crippen LogP contribution < -0.4 is 0 Å². The predicted molar refractivity (Wildman–Crippen MR) is 74.9 cm³/mol. The maximum Gasteiger partial charge on any atom is 0.225 e. The molecule has 1 saturated carbocycles. The maximum atomic E-state index is 12.5. The monoisotopic (exact) mass is 272 g/mol. The number of amides is 1. The molecule has 3 nitrogen and oxygen atoms in total. The lowest BCUT2D eigenvalue weighted by Crippen LogP contribution is -2.39. The second-order valence-electron chi connectivity index (χ2n) is 5.72. The van der Waals surface area contributed by atoms with E-state index >= 15 is 0 Å². The number of hydrogen-bond acceptors (Lipinski definition) is 2. The van der Waals surface area contributed by atoms with Crippen LogP contribution >= 0.6 is 11.6 Å². The fourth-order valence-electron chi connectivity index (χ4n) is 3.28. The standard InChI is InChI=1S/C14H25ClN2O/c1-12-4-2-5-13(12)14(18)17-8-3-7-16(9-6-15)10-11-17/h12-13H,2-11H2,1H3. The predicted octanol–water partition coefficient (Wildman–Crippen LogP) is 2.20. The van der Waals surface area contributed by atoms with Crippen LogP contribution in [0.4, 0.5) is 0 Å². The number of halogens is 1. The van der Waals surface area contributed by atoms with Gasteiger partial charge in [-0.15, -0.1) is 11.6 Å². The Hall–Kier alpha value is -0.280. The minimum absolute atomic E-state index is 0.296. The van der Waals surface area contributed by atoms with Gasteiger partial charge in [-0.3, -0.25) is 4.79 Å². The van der Waals surface area contributed by atoms with Gasteiger partial charge in [0.25, 0.3) is 0 Å². The zero-order chi connectivity index (χ0) is 13.0. The van der Waals surface area contributed by atoms with Crippen LogP contribution in [-0.4, -0.2) is 54.3 Å². The van der Waals surface area contributed by atoms with Crippen LogP contribution in [0, 0.1) is 11.8 Å². The highest BCUT2D eigenvalue weighted by atomic mass is 35.5. The number of nitrogens with zero attached hydrogens (tertiary/aromatic N) is 2. The normalized spacial score (nSPS) is 30.4. The van der Waals surface area contributed by atoms with Gasteiger partial charge in [-0.05, 0) is 31.7 Å². The van der Waals surface area contributed by atoms with E-state index < -0.39 is 0 Å². The molecular weight excluding hydrogens is 248 g/mol. The van der Waals surface area contributed by atoms with Crippen LogP contribution in [0.5, 0.6) is 0 Å². The Morgan fingerprint density at radius 2 is 2.00 bits per heavy atom. The van der Waals surface area contributed by atoms with Gasteiger partial charge in [-0.2, -0.15) is 0 Å². The van der Waals surface area contributed by atoms with Crippen molar-refractivity contribution in [2.75, 3.05) is 38.6 Å². The molecule has 0 aromatic carbocycles. The summed E-state index contributed by atoms with van der Waals surface area (Å²) in [5.41, 5.74) is 0. The fourth-order valence-corrected chi connectivity index (χ4v) is 3.52. The topological polar surface area (TPSA) is 23.6 Å². The molecule has 1 heterocycles. The van der Waals surface area contributed by atoms with E-state index in [-0.39, 0.29) is 0 Å². The van der Waals surface area contributed by atoms with E-state index in [0.29, 0.717) is 23.6 Å². The van der Waals surface area contributed by atoms with Crippen molar-refractivity contribution in [1.29, 1.82) is 0 Å². The van der Waals surface area contributed by atoms with E-state index in [0.717, 1.165) is 45.6 Å². The number of rotatable bonds is 3. The highest BCUT2D eigenvalue weighted by Crippen LogP contribution is 2.32. The third-order valence-corrected chi connectivity index (χ3v) is 4.65. The molecule has 1 aliphatic carbocycles. The summed E-state index contributed by atoms with van der Waals surface area (Å²) in [6.07, 6.45) is 4.64. The molecule has 0 aromatic heterocycles. The third kappa shape index (κ3) is 3.39. The van der Waals surface area contributed by atoms with Crippen LogP contribution in [0.1, 0.15) is 32.6 Å². The van der Waals surface area contributed by atoms with E-state index in [4.69, 9.17) is 11.6 Å². The second kappa shape index (κ2) is 6.76. The number of hydrogen-bond donors (Lipinski definition) is 0. The van der Waals surface area contributed by atoms with Gasteiger partial charge in [-0.25, -0.2) is 0 Å². The fraction of sp³-hybridized carbons (Fsp3) is 0.929. The first-order chi connectivity index (χ1) is 8.72. The summed E-state index contributed by atoms with van der Waals surface area (Å²) < 4.78 is 0. The van der Waals surface area contributed by atoms with Crippen LogP contribution in [0.3, 0.4) is 0 Å². The lowest BCUT2D eigenvalue weighted by Gasteiger charge is -2.26. The summed E-state index contributed by atoms with van der Waals surface area (Å²) in [7, 11) is 0. The van der Waals surface area contributed by atoms with Crippen LogP contribution in [0.25, 0.3) is 0 Å². The molecule has 1 amide bonds.